The first-order chi connectivity index (χ1) is 9.11. The van der Waals surface area contributed by atoms with E-state index >= 15 is 0 Å². The number of halogens is 1. The standard InChI is InChI=1S/C13H14FN3O2/c14-11-2-1-9(5-10(11)6-15)8-17-4-3-16-7-12(17)13(18)19/h1-2,5,12,16H,3-4,7-8H2,(H,18,19). The predicted octanol–water partition coefficient (Wildman–Crippen LogP) is 0.556. The first kappa shape index (κ1) is 13.5. The fourth-order valence-electron chi connectivity index (χ4n) is 2.17. The number of hydrogen-bond acceptors (Lipinski definition) is 4. The molecular weight excluding hydrogens is 249 g/mol. The van der Waals surface area contributed by atoms with Crippen molar-refractivity contribution in [2.75, 3.05) is 19.6 Å². The molecule has 0 aromatic heterocycles. The molecule has 19 heavy (non-hydrogen) atoms. The third kappa shape index (κ3) is 3.08. The van der Waals surface area contributed by atoms with Crippen LogP contribution in [0.1, 0.15) is 11.1 Å². The zero-order chi connectivity index (χ0) is 13.8. The zero-order valence-electron chi connectivity index (χ0n) is 10.3. The Labute approximate surface area is 110 Å². The average molecular weight is 263 g/mol. The van der Waals surface area contributed by atoms with E-state index < -0.39 is 17.8 Å². The van der Waals surface area contributed by atoms with Crippen LogP contribution >= 0.6 is 0 Å². The number of piperazine rings is 1. The Kier molecular flexibility index (Phi) is 4.10. The third-order valence-corrected chi connectivity index (χ3v) is 3.18. The van der Waals surface area contributed by atoms with Gasteiger partial charge in [-0.3, -0.25) is 9.69 Å². The quantitative estimate of drug-likeness (QED) is 0.833. The number of rotatable bonds is 3. The van der Waals surface area contributed by atoms with Crippen LogP contribution < -0.4 is 5.32 Å². The van der Waals surface area contributed by atoms with E-state index in [0.717, 1.165) is 12.1 Å². The number of nitrogens with one attached hydrogen (secondary N) is 1. The highest BCUT2D eigenvalue weighted by Gasteiger charge is 2.28. The fourth-order valence-corrected chi connectivity index (χ4v) is 2.17. The van der Waals surface area contributed by atoms with Gasteiger partial charge in [0, 0.05) is 26.2 Å². The predicted molar refractivity (Wildman–Crippen MR) is 65.8 cm³/mol. The van der Waals surface area contributed by atoms with Crippen LogP contribution in [0.15, 0.2) is 18.2 Å². The van der Waals surface area contributed by atoms with Gasteiger partial charge in [0.15, 0.2) is 0 Å². The minimum absolute atomic E-state index is 0.0143. The molecule has 1 aliphatic heterocycles. The van der Waals surface area contributed by atoms with E-state index in [0.29, 0.717) is 19.6 Å². The van der Waals surface area contributed by atoms with Gasteiger partial charge in [0.1, 0.15) is 17.9 Å². The van der Waals surface area contributed by atoms with E-state index in [1.165, 1.54) is 12.1 Å². The van der Waals surface area contributed by atoms with Crippen LogP contribution in [0.4, 0.5) is 4.39 Å². The summed E-state index contributed by atoms with van der Waals surface area (Å²) < 4.78 is 13.2. The smallest absolute Gasteiger partial charge is 0.322 e. The Morgan fingerprint density at radius 2 is 2.42 bits per heavy atom. The van der Waals surface area contributed by atoms with E-state index in [1.807, 2.05) is 4.90 Å². The van der Waals surface area contributed by atoms with Crippen LogP contribution in [-0.2, 0) is 11.3 Å². The molecule has 5 nitrogen and oxygen atoms in total. The molecule has 100 valence electrons. The normalized spacial score (nSPS) is 19.9. The maximum absolute atomic E-state index is 13.2. The number of hydrogen-bond donors (Lipinski definition) is 2. The summed E-state index contributed by atoms with van der Waals surface area (Å²) in [5.41, 5.74) is 0.727. The third-order valence-electron chi connectivity index (χ3n) is 3.18. The number of carboxylic acids is 1. The Bertz CT molecular complexity index is 527. The van der Waals surface area contributed by atoms with Gasteiger partial charge in [-0.2, -0.15) is 5.26 Å². The van der Waals surface area contributed by atoms with Gasteiger partial charge < -0.3 is 10.4 Å². The van der Waals surface area contributed by atoms with Gasteiger partial charge in [0.2, 0.25) is 0 Å². The van der Waals surface area contributed by atoms with Gasteiger partial charge in [-0.15, -0.1) is 0 Å². The van der Waals surface area contributed by atoms with E-state index in [9.17, 15) is 9.18 Å². The molecule has 1 heterocycles. The Balaban J connectivity index is 2.15. The zero-order valence-corrected chi connectivity index (χ0v) is 10.3. The van der Waals surface area contributed by atoms with Gasteiger partial charge in [0.25, 0.3) is 0 Å². The molecule has 0 saturated carbocycles. The van der Waals surface area contributed by atoms with Crippen LogP contribution in [0, 0.1) is 17.1 Å². The maximum Gasteiger partial charge on any atom is 0.322 e. The molecule has 2 rings (SSSR count). The number of nitrogens with zero attached hydrogens (tertiary/aromatic N) is 2. The molecule has 1 atom stereocenters. The lowest BCUT2D eigenvalue weighted by Crippen LogP contribution is -2.54. The number of aliphatic carboxylic acids is 1. The van der Waals surface area contributed by atoms with Crippen LogP contribution in [0.3, 0.4) is 0 Å². The van der Waals surface area contributed by atoms with Crippen molar-refractivity contribution in [1.82, 2.24) is 10.2 Å². The molecule has 1 fully saturated rings. The summed E-state index contributed by atoms with van der Waals surface area (Å²) in [6.45, 7) is 2.11. The van der Waals surface area contributed by atoms with Crippen molar-refractivity contribution in [2.24, 2.45) is 0 Å². The lowest BCUT2D eigenvalue weighted by atomic mass is 10.1. The molecule has 0 radical (unpaired) electrons. The SMILES string of the molecule is N#Cc1cc(CN2CCNCC2C(=O)O)ccc1F. The summed E-state index contributed by atoms with van der Waals surface area (Å²) in [6.07, 6.45) is 0. The van der Waals surface area contributed by atoms with Crippen LogP contribution in [0.25, 0.3) is 0 Å². The highest BCUT2D eigenvalue weighted by atomic mass is 19.1. The van der Waals surface area contributed by atoms with E-state index in [-0.39, 0.29) is 5.56 Å². The molecule has 0 spiro atoms. The summed E-state index contributed by atoms with van der Waals surface area (Å²) >= 11 is 0. The molecule has 2 N–H and O–H groups in total. The second kappa shape index (κ2) is 5.78. The molecule has 1 aromatic carbocycles. The van der Waals surface area contributed by atoms with Crippen molar-refractivity contribution in [3.63, 3.8) is 0 Å². The summed E-state index contributed by atoms with van der Waals surface area (Å²) in [6, 6.07) is 5.48. The fraction of sp³-hybridized carbons (Fsp3) is 0.385. The Hall–Kier alpha value is -1.97. The molecule has 1 aliphatic rings. The number of benzene rings is 1. The monoisotopic (exact) mass is 263 g/mol. The Morgan fingerprint density at radius 3 is 3.11 bits per heavy atom. The minimum atomic E-state index is -0.880. The summed E-state index contributed by atoms with van der Waals surface area (Å²) in [5.74, 6) is -1.43. The molecule has 0 bridgehead atoms. The van der Waals surface area contributed by atoms with Gasteiger partial charge in [-0.1, -0.05) is 6.07 Å². The van der Waals surface area contributed by atoms with Gasteiger partial charge in [-0.25, -0.2) is 4.39 Å². The van der Waals surface area contributed by atoms with E-state index in [4.69, 9.17) is 10.4 Å². The molecular formula is C13H14FN3O2. The highest BCUT2D eigenvalue weighted by Crippen LogP contribution is 2.14. The number of nitriles is 1. The summed E-state index contributed by atoms with van der Waals surface area (Å²) in [4.78, 5) is 13.0. The van der Waals surface area contributed by atoms with Crippen molar-refractivity contribution in [3.8, 4) is 6.07 Å². The van der Waals surface area contributed by atoms with Gasteiger partial charge in [-0.05, 0) is 17.7 Å². The topological polar surface area (TPSA) is 76.4 Å². The first-order valence-electron chi connectivity index (χ1n) is 5.98. The van der Waals surface area contributed by atoms with Crippen LogP contribution in [0.5, 0.6) is 0 Å². The van der Waals surface area contributed by atoms with Crippen molar-refractivity contribution in [1.29, 1.82) is 5.26 Å². The lowest BCUT2D eigenvalue weighted by Gasteiger charge is -2.33. The van der Waals surface area contributed by atoms with Gasteiger partial charge in [0.05, 0.1) is 5.56 Å². The molecule has 1 saturated heterocycles. The minimum Gasteiger partial charge on any atom is -0.480 e. The maximum atomic E-state index is 13.2. The molecule has 1 aromatic rings. The van der Waals surface area contributed by atoms with Crippen LogP contribution in [0.2, 0.25) is 0 Å². The number of carbonyl (C=O) groups is 1. The van der Waals surface area contributed by atoms with Crippen molar-refractivity contribution in [2.45, 2.75) is 12.6 Å². The van der Waals surface area contributed by atoms with Gasteiger partial charge >= 0.3 is 5.97 Å². The second-order valence-electron chi connectivity index (χ2n) is 4.45. The first-order valence-corrected chi connectivity index (χ1v) is 5.98. The summed E-state index contributed by atoms with van der Waals surface area (Å²) in [5, 5.41) is 20.9. The van der Waals surface area contributed by atoms with E-state index in [1.54, 1.807) is 12.1 Å². The Morgan fingerprint density at radius 1 is 1.63 bits per heavy atom. The van der Waals surface area contributed by atoms with Crippen molar-refractivity contribution < 1.29 is 14.3 Å². The van der Waals surface area contributed by atoms with Crippen molar-refractivity contribution >= 4 is 5.97 Å². The molecule has 6 heteroatoms. The molecule has 0 aliphatic carbocycles. The average Bonchev–Trinajstić information content (AvgIpc) is 2.41. The largest absolute Gasteiger partial charge is 0.480 e. The summed E-state index contributed by atoms with van der Waals surface area (Å²) in [7, 11) is 0. The molecule has 1 unspecified atom stereocenters. The highest BCUT2D eigenvalue weighted by molar-refractivity contribution is 5.74. The van der Waals surface area contributed by atoms with Crippen LogP contribution in [-0.4, -0.2) is 41.7 Å². The lowest BCUT2D eigenvalue weighted by molar-refractivity contribution is -0.144. The number of carboxylic acid groups (broad SMARTS) is 1. The van der Waals surface area contributed by atoms with Crippen molar-refractivity contribution in [3.05, 3.63) is 35.1 Å². The second-order valence-corrected chi connectivity index (χ2v) is 4.45. The molecule has 0 amide bonds. The van der Waals surface area contributed by atoms with E-state index in [2.05, 4.69) is 5.32 Å².